The lowest BCUT2D eigenvalue weighted by Crippen LogP contribution is -2.50. The van der Waals surface area contributed by atoms with E-state index in [1.807, 2.05) is 32.0 Å². The van der Waals surface area contributed by atoms with Crippen molar-refractivity contribution in [3.8, 4) is 17.1 Å². The molecule has 3 aliphatic rings. The van der Waals surface area contributed by atoms with Crippen LogP contribution in [0.5, 0.6) is 5.88 Å². The molecule has 1 saturated carbocycles. The number of carbonyl (C=O) groups excluding carboxylic acids is 1. The first kappa shape index (κ1) is 22.0. The molecule has 2 fully saturated rings. The second-order valence-electron chi connectivity index (χ2n) is 9.79. The largest absolute Gasteiger partial charge is 0.472 e. The van der Waals surface area contributed by atoms with Crippen molar-refractivity contribution in [1.29, 1.82) is 0 Å². The van der Waals surface area contributed by atoms with Gasteiger partial charge in [0.1, 0.15) is 6.10 Å². The predicted octanol–water partition coefficient (Wildman–Crippen LogP) is 3.95. The fraction of sp³-hybridized carbons (Fsp3) is 0.346. The molecule has 2 aromatic carbocycles. The van der Waals surface area contributed by atoms with Crippen molar-refractivity contribution in [3.05, 3.63) is 65.2 Å². The molecule has 1 spiro atoms. The maximum atomic E-state index is 13.3. The molecule has 2 aliphatic heterocycles. The van der Waals surface area contributed by atoms with E-state index in [2.05, 4.69) is 14.7 Å². The van der Waals surface area contributed by atoms with Crippen LogP contribution >= 0.6 is 0 Å². The maximum Gasteiger partial charge on any atom is 0.264 e. The molecule has 35 heavy (non-hydrogen) atoms. The van der Waals surface area contributed by atoms with Crippen LogP contribution < -0.4 is 9.46 Å². The van der Waals surface area contributed by atoms with Gasteiger partial charge in [-0.2, -0.15) is 4.98 Å². The molecule has 6 rings (SSSR count). The highest BCUT2D eigenvalue weighted by atomic mass is 32.2. The molecule has 0 radical (unpaired) electrons. The molecule has 1 aliphatic carbocycles. The number of ether oxygens (including phenoxy) is 1. The van der Waals surface area contributed by atoms with Gasteiger partial charge in [0.25, 0.3) is 15.9 Å². The van der Waals surface area contributed by atoms with Crippen LogP contribution in [0.3, 0.4) is 0 Å². The van der Waals surface area contributed by atoms with Gasteiger partial charge in [0.2, 0.25) is 11.8 Å². The summed E-state index contributed by atoms with van der Waals surface area (Å²) in [5.41, 5.74) is 3.89. The van der Waals surface area contributed by atoms with Gasteiger partial charge < -0.3 is 9.64 Å². The Hall–Kier alpha value is -3.46. The lowest BCUT2D eigenvalue weighted by Gasteiger charge is -2.38. The van der Waals surface area contributed by atoms with Gasteiger partial charge in [-0.25, -0.2) is 18.1 Å². The van der Waals surface area contributed by atoms with E-state index in [4.69, 9.17) is 4.74 Å². The van der Waals surface area contributed by atoms with Crippen LogP contribution in [0.25, 0.3) is 11.3 Å². The number of aryl methyl sites for hydroxylation is 2. The van der Waals surface area contributed by atoms with Crippen molar-refractivity contribution in [2.45, 2.75) is 44.1 Å². The Morgan fingerprint density at radius 1 is 1.03 bits per heavy atom. The average molecular weight is 491 g/mol. The lowest BCUT2D eigenvalue weighted by molar-refractivity contribution is 0.0208. The van der Waals surface area contributed by atoms with E-state index in [0.717, 1.165) is 36.0 Å². The lowest BCUT2D eigenvalue weighted by atomic mass is 9.90. The molecule has 1 amide bonds. The molecule has 1 aromatic heterocycles. The van der Waals surface area contributed by atoms with Gasteiger partial charge in [0, 0.05) is 29.2 Å². The van der Waals surface area contributed by atoms with Gasteiger partial charge in [-0.05, 0) is 62.4 Å². The summed E-state index contributed by atoms with van der Waals surface area (Å²) in [5.74, 6) is 0.0416. The number of aromatic nitrogens is 2. The van der Waals surface area contributed by atoms with E-state index in [9.17, 15) is 13.2 Å². The molecule has 6 bridgehead atoms. The standard InChI is InChI=1S/C26H26N4O4S/c1-16-5-3-6-17(2)23(16)20-14-22-28-25(27-20)29-35(32,33)19-8-4-7-18(13-19)24(31)30-12-11-26(9-10-26)21(15-30)34-22/h3-8,13-14,21H,9-12,15H2,1-2H3,(H,27,28,29). The molecule has 180 valence electrons. The first-order chi connectivity index (χ1) is 16.7. The van der Waals surface area contributed by atoms with E-state index in [1.54, 1.807) is 23.1 Å². The summed E-state index contributed by atoms with van der Waals surface area (Å²) in [7, 11) is -4.04. The number of anilines is 1. The Kier molecular flexibility index (Phi) is 4.90. The second kappa shape index (κ2) is 7.78. The first-order valence-electron chi connectivity index (χ1n) is 11.8. The fourth-order valence-electron chi connectivity index (χ4n) is 5.26. The van der Waals surface area contributed by atoms with Crippen molar-refractivity contribution in [1.82, 2.24) is 14.9 Å². The summed E-state index contributed by atoms with van der Waals surface area (Å²) in [4.78, 5) is 24.1. The Morgan fingerprint density at radius 2 is 1.77 bits per heavy atom. The van der Waals surface area contributed by atoms with Crippen LogP contribution in [0.2, 0.25) is 0 Å². The summed E-state index contributed by atoms with van der Waals surface area (Å²) < 4.78 is 35.5. The number of nitrogens with one attached hydrogen (secondary N) is 1. The summed E-state index contributed by atoms with van der Waals surface area (Å²) in [6, 6.07) is 13.8. The molecule has 1 N–H and O–H groups in total. The number of fused-ring (bicyclic) bond motifs is 7. The minimum absolute atomic E-state index is 0.0154. The highest BCUT2D eigenvalue weighted by Crippen LogP contribution is 2.55. The van der Waals surface area contributed by atoms with Crippen molar-refractivity contribution < 1.29 is 17.9 Å². The van der Waals surface area contributed by atoms with E-state index < -0.39 is 10.0 Å². The number of sulfonamides is 1. The fourth-order valence-corrected chi connectivity index (χ4v) is 6.25. The number of hydrogen-bond acceptors (Lipinski definition) is 6. The predicted molar refractivity (Wildman–Crippen MR) is 131 cm³/mol. The van der Waals surface area contributed by atoms with Gasteiger partial charge in [0.15, 0.2) is 0 Å². The molecule has 9 heteroatoms. The van der Waals surface area contributed by atoms with Crippen molar-refractivity contribution >= 4 is 21.9 Å². The van der Waals surface area contributed by atoms with Gasteiger partial charge in [0.05, 0.1) is 17.1 Å². The Morgan fingerprint density at radius 3 is 2.51 bits per heavy atom. The van der Waals surface area contributed by atoms with Crippen molar-refractivity contribution in [3.63, 3.8) is 0 Å². The quantitative estimate of drug-likeness (QED) is 0.554. The minimum atomic E-state index is -4.04. The summed E-state index contributed by atoms with van der Waals surface area (Å²) in [5, 5.41) is 0. The number of hydrogen-bond donors (Lipinski definition) is 1. The third kappa shape index (κ3) is 3.83. The summed E-state index contributed by atoms with van der Waals surface area (Å²) in [6.45, 7) is 5.04. The molecular formula is C26H26N4O4S. The number of rotatable bonds is 1. The number of benzene rings is 2. The zero-order valence-electron chi connectivity index (χ0n) is 19.6. The van der Waals surface area contributed by atoms with Crippen LogP contribution in [0, 0.1) is 19.3 Å². The zero-order valence-corrected chi connectivity index (χ0v) is 20.4. The molecule has 1 saturated heterocycles. The Balaban J connectivity index is 1.53. The maximum absolute atomic E-state index is 13.3. The van der Waals surface area contributed by atoms with Gasteiger partial charge in [-0.3, -0.25) is 4.79 Å². The topological polar surface area (TPSA) is 101 Å². The second-order valence-corrected chi connectivity index (χ2v) is 11.5. The monoisotopic (exact) mass is 490 g/mol. The highest BCUT2D eigenvalue weighted by molar-refractivity contribution is 7.92. The molecule has 8 nitrogen and oxygen atoms in total. The van der Waals surface area contributed by atoms with E-state index in [1.165, 1.54) is 12.1 Å². The zero-order chi connectivity index (χ0) is 24.4. The highest BCUT2D eigenvalue weighted by Gasteiger charge is 2.54. The summed E-state index contributed by atoms with van der Waals surface area (Å²) >= 11 is 0. The van der Waals surface area contributed by atoms with Gasteiger partial charge in [-0.15, -0.1) is 0 Å². The first-order valence-corrected chi connectivity index (χ1v) is 13.3. The number of piperidine rings is 1. The number of nitrogens with zero attached hydrogens (tertiary/aromatic N) is 3. The third-order valence-electron chi connectivity index (χ3n) is 7.45. The van der Waals surface area contributed by atoms with Crippen molar-refractivity contribution in [2.24, 2.45) is 5.41 Å². The van der Waals surface area contributed by atoms with E-state index >= 15 is 0 Å². The molecule has 3 heterocycles. The Labute approximate surface area is 204 Å². The average Bonchev–Trinajstić information content (AvgIpc) is 3.59. The molecular weight excluding hydrogens is 464 g/mol. The smallest absolute Gasteiger partial charge is 0.264 e. The number of amides is 1. The number of carbonyl (C=O) groups is 1. The van der Waals surface area contributed by atoms with E-state index in [0.29, 0.717) is 30.2 Å². The third-order valence-corrected chi connectivity index (χ3v) is 8.77. The van der Waals surface area contributed by atoms with Gasteiger partial charge in [-0.1, -0.05) is 24.3 Å². The molecule has 1 unspecified atom stereocenters. The van der Waals surface area contributed by atoms with Crippen LogP contribution in [0.1, 0.15) is 40.7 Å². The normalized spacial score (nSPS) is 21.7. The van der Waals surface area contributed by atoms with Crippen LogP contribution in [-0.4, -0.2) is 48.4 Å². The van der Waals surface area contributed by atoms with Gasteiger partial charge >= 0.3 is 0 Å². The minimum Gasteiger partial charge on any atom is -0.472 e. The SMILES string of the molecule is Cc1cccc(C)c1-c1cc2nc(n1)NS(=O)(=O)c1cccc(c1)C(=O)N1CCC3(CC3)C(C1)O2. The van der Waals surface area contributed by atoms with E-state index in [-0.39, 0.29) is 28.3 Å². The molecule has 1 atom stereocenters. The summed E-state index contributed by atoms with van der Waals surface area (Å²) in [6.07, 6.45) is 2.71. The van der Waals surface area contributed by atoms with Crippen molar-refractivity contribution in [2.75, 3.05) is 17.8 Å². The van der Waals surface area contributed by atoms with Crippen LogP contribution in [0.4, 0.5) is 5.95 Å². The molecule has 3 aromatic rings. The Bertz CT molecular complexity index is 1450. The van der Waals surface area contributed by atoms with Crippen LogP contribution in [-0.2, 0) is 10.0 Å². The van der Waals surface area contributed by atoms with Crippen LogP contribution in [0.15, 0.2) is 53.4 Å².